The van der Waals surface area contributed by atoms with Crippen molar-refractivity contribution >= 4 is 10.0 Å². The maximum atomic E-state index is 12.1. The van der Waals surface area contributed by atoms with Crippen molar-refractivity contribution in [3.05, 3.63) is 24.3 Å². The van der Waals surface area contributed by atoms with Crippen LogP contribution in [0.2, 0.25) is 0 Å². The summed E-state index contributed by atoms with van der Waals surface area (Å²) in [5, 5.41) is 0. The van der Waals surface area contributed by atoms with Crippen LogP contribution in [0.25, 0.3) is 0 Å². The molecule has 0 aromatic heterocycles. The van der Waals surface area contributed by atoms with Crippen molar-refractivity contribution < 1.29 is 13.2 Å². The van der Waals surface area contributed by atoms with Gasteiger partial charge in [0.1, 0.15) is 12.4 Å². The second kappa shape index (κ2) is 7.47. The SMILES string of the molecule is CCC(CC)NS(=O)(=O)c1ccc(OCCN)cc1. The highest BCUT2D eigenvalue weighted by Crippen LogP contribution is 2.16. The smallest absolute Gasteiger partial charge is 0.240 e. The Labute approximate surface area is 115 Å². The number of nitrogens with one attached hydrogen (secondary N) is 1. The van der Waals surface area contributed by atoms with Crippen LogP contribution in [-0.2, 0) is 10.0 Å². The highest BCUT2D eigenvalue weighted by molar-refractivity contribution is 7.89. The van der Waals surface area contributed by atoms with E-state index in [1.165, 1.54) is 12.1 Å². The zero-order chi connectivity index (χ0) is 14.3. The molecule has 0 heterocycles. The Hall–Kier alpha value is -1.11. The van der Waals surface area contributed by atoms with E-state index in [1.807, 2.05) is 13.8 Å². The topological polar surface area (TPSA) is 81.4 Å². The summed E-state index contributed by atoms with van der Waals surface area (Å²) in [4.78, 5) is 0.250. The van der Waals surface area contributed by atoms with Gasteiger partial charge in [-0.2, -0.15) is 0 Å². The van der Waals surface area contributed by atoms with Gasteiger partial charge in [-0.3, -0.25) is 0 Å². The molecule has 0 aliphatic rings. The summed E-state index contributed by atoms with van der Waals surface area (Å²) >= 11 is 0. The first-order chi connectivity index (χ1) is 9.03. The summed E-state index contributed by atoms with van der Waals surface area (Å²) < 4.78 is 32.2. The van der Waals surface area contributed by atoms with Crippen molar-refractivity contribution in [1.29, 1.82) is 0 Å². The Balaban J connectivity index is 2.78. The minimum absolute atomic E-state index is 0.0295. The molecular weight excluding hydrogens is 264 g/mol. The average Bonchev–Trinajstić information content (AvgIpc) is 2.43. The Morgan fingerprint density at radius 1 is 1.21 bits per heavy atom. The van der Waals surface area contributed by atoms with Gasteiger partial charge in [-0.1, -0.05) is 13.8 Å². The van der Waals surface area contributed by atoms with E-state index in [0.29, 0.717) is 18.9 Å². The van der Waals surface area contributed by atoms with Crippen molar-refractivity contribution in [3.8, 4) is 5.75 Å². The Morgan fingerprint density at radius 3 is 2.26 bits per heavy atom. The second-order valence-corrected chi connectivity index (χ2v) is 5.96. The second-order valence-electron chi connectivity index (χ2n) is 4.24. The number of nitrogens with two attached hydrogens (primary N) is 1. The average molecular weight is 286 g/mol. The molecule has 5 nitrogen and oxygen atoms in total. The molecule has 0 aliphatic heterocycles. The number of hydrogen-bond acceptors (Lipinski definition) is 4. The fraction of sp³-hybridized carbons (Fsp3) is 0.538. The Bertz CT molecular complexity index is 467. The van der Waals surface area contributed by atoms with Gasteiger partial charge in [0, 0.05) is 12.6 Å². The first kappa shape index (κ1) is 15.9. The van der Waals surface area contributed by atoms with Gasteiger partial charge in [-0.15, -0.1) is 0 Å². The molecule has 0 aliphatic carbocycles. The van der Waals surface area contributed by atoms with Crippen LogP contribution in [0.5, 0.6) is 5.75 Å². The molecule has 0 unspecified atom stereocenters. The van der Waals surface area contributed by atoms with Gasteiger partial charge >= 0.3 is 0 Å². The Morgan fingerprint density at radius 2 is 1.79 bits per heavy atom. The van der Waals surface area contributed by atoms with Gasteiger partial charge in [-0.05, 0) is 37.1 Å². The van der Waals surface area contributed by atoms with Crippen molar-refractivity contribution in [2.75, 3.05) is 13.2 Å². The summed E-state index contributed by atoms with van der Waals surface area (Å²) in [6.45, 7) is 4.76. The van der Waals surface area contributed by atoms with Crippen molar-refractivity contribution in [2.24, 2.45) is 5.73 Å². The van der Waals surface area contributed by atoms with Crippen molar-refractivity contribution in [3.63, 3.8) is 0 Å². The molecule has 0 radical (unpaired) electrons. The fourth-order valence-corrected chi connectivity index (χ4v) is 3.04. The molecule has 0 saturated carbocycles. The third kappa shape index (κ3) is 4.81. The number of ether oxygens (including phenoxy) is 1. The van der Waals surface area contributed by atoms with Crippen molar-refractivity contribution in [1.82, 2.24) is 4.72 Å². The molecular formula is C13H22N2O3S. The van der Waals surface area contributed by atoms with Crippen LogP contribution in [0.1, 0.15) is 26.7 Å². The maximum absolute atomic E-state index is 12.1. The minimum atomic E-state index is -3.45. The van der Waals surface area contributed by atoms with E-state index in [0.717, 1.165) is 12.8 Å². The molecule has 0 bridgehead atoms. The number of benzene rings is 1. The summed E-state index contributed by atoms with van der Waals surface area (Å²) in [6.07, 6.45) is 1.54. The monoisotopic (exact) mass is 286 g/mol. The van der Waals surface area contributed by atoms with E-state index in [2.05, 4.69) is 4.72 Å². The van der Waals surface area contributed by atoms with Crippen LogP contribution in [-0.4, -0.2) is 27.6 Å². The first-order valence-electron chi connectivity index (χ1n) is 6.48. The van der Waals surface area contributed by atoms with Gasteiger partial charge in [0.15, 0.2) is 0 Å². The lowest BCUT2D eigenvalue weighted by atomic mass is 10.2. The van der Waals surface area contributed by atoms with Gasteiger partial charge in [0.05, 0.1) is 4.90 Å². The van der Waals surface area contributed by atoms with Crippen LogP contribution < -0.4 is 15.2 Å². The maximum Gasteiger partial charge on any atom is 0.240 e. The molecule has 1 aromatic carbocycles. The molecule has 1 rings (SSSR count). The predicted octanol–water partition coefficient (Wildman–Crippen LogP) is 1.49. The fourth-order valence-electron chi connectivity index (χ4n) is 1.63. The van der Waals surface area contributed by atoms with E-state index >= 15 is 0 Å². The molecule has 108 valence electrons. The van der Waals surface area contributed by atoms with Crippen LogP contribution in [0.3, 0.4) is 0 Å². The third-order valence-corrected chi connectivity index (χ3v) is 4.36. The van der Waals surface area contributed by atoms with Gasteiger partial charge < -0.3 is 10.5 Å². The quantitative estimate of drug-likeness (QED) is 0.758. The predicted molar refractivity (Wildman–Crippen MR) is 75.7 cm³/mol. The standard InChI is InChI=1S/C13H22N2O3S/c1-3-11(4-2)15-19(16,17)13-7-5-12(6-8-13)18-10-9-14/h5-8,11,15H,3-4,9-10,14H2,1-2H3. The van der Waals surface area contributed by atoms with E-state index in [4.69, 9.17) is 10.5 Å². The highest BCUT2D eigenvalue weighted by Gasteiger charge is 2.17. The number of sulfonamides is 1. The summed E-state index contributed by atoms with van der Waals surface area (Å²) in [6, 6.07) is 6.32. The highest BCUT2D eigenvalue weighted by atomic mass is 32.2. The largest absolute Gasteiger partial charge is 0.492 e. The zero-order valence-electron chi connectivity index (χ0n) is 11.4. The minimum Gasteiger partial charge on any atom is -0.492 e. The Kier molecular flexibility index (Phi) is 6.27. The number of rotatable bonds is 8. The summed E-state index contributed by atoms with van der Waals surface area (Å²) in [7, 11) is -3.45. The lowest BCUT2D eigenvalue weighted by Gasteiger charge is -2.15. The molecule has 19 heavy (non-hydrogen) atoms. The zero-order valence-corrected chi connectivity index (χ0v) is 12.2. The van der Waals surface area contributed by atoms with Crippen LogP contribution in [0.15, 0.2) is 29.2 Å². The molecule has 0 spiro atoms. The summed E-state index contributed by atoms with van der Waals surface area (Å²) in [5.41, 5.74) is 5.33. The lowest BCUT2D eigenvalue weighted by Crippen LogP contribution is -2.33. The van der Waals surface area contributed by atoms with Crippen LogP contribution in [0, 0.1) is 0 Å². The number of hydrogen-bond donors (Lipinski definition) is 2. The van der Waals surface area contributed by atoms with E-state index in [1.54, 1.807) is 12.1 Å². The first-order valence-corrected chi connectivity index (χ1v) is 7.97. The molecule has 0 saturated heterocycles. The summed E-state index contributed by atoms with van der Waals surface area (Å²) in [5.74, 6) is 0.618. The normalized spacial score (nSPS) is 11.8. The molecule has 0 amide bonds. The molecule has 0 fully saturated rings. The third-order valence-electron chi connectivity index (χ3n) is 2.83. The lowest BCUT2D eigenvalue weighted by molar-refractivity contribution is 0.328. The van der Waals surface area contributed by atoms with E-state index in [9.17, 15) is 8.42 Å². The van der Waals surface area contributed by atoms with Crippen LogP contribution in [0.4, 0.5) is 0 Å². The van der Waals surface area contributed by atoms with Crippen LogP contribution >= 0.6 is 0 Å². The van der Waals surface area contributed by atoms with Gasteiger partial charge in [0.2, 0.25) is 10.0 Å². The molecule has 0 atom stereocenters. The molecule has 1 aromatic rings. The van der Waals surface area contributed by atoms with E-state index in [-0.39, 0.29) is 10.9 Å². The van der Waals surface area contributed by atoms with Gasteiger partial charge in [-0.25, -0.2) is 13.1 Å². The van der Waals surface area contributed by atoms with Crippen molar-refractivity contribution in [2.45, 2.75) is 37.6 Å². The molecule has 3 N–H and O–H groups in total. The van der Waals surface area contributed by atoms with Gasteiger partial charge in [0.25, 0.3) is 0 Å². The van der Waals surface area contributed by atoms with E-state index < -0.39 is 10.0 Å². The molecule has 6 heteroatoms.